The van der Waals surface area contributed by atoms with Crippen molar-refractivity contribution in [3.63, 3.8) is 0 Å². The first-order chi connectivity index (χ1) is 12.0. The maximum Gasteiger partial charge on any atom is 0.0918 e. The molecule has 1 nitrogen and oxygen atoms in total. The Bertz CT molecular complexity index is 600. The summed E-state index contributed by atoms with van der Waals surface area (Å²) in [5.41, 5.74) is 0.812. The van der Waals surface area contributed by atoms with Crippen LogP contribution in [0.3, 0.4) is 0 Å². The predicted octanol–water partition coefficient (Wildman–Crippen LogP) is 9.22. The van der Waals surface area contributed by atoms with Gasteiger partial charge >= 0.3 is 0 Å². The molecule has 1 aromatic carbocycles. The van der Waals surface area contributed by atoms with Crippen LogP contribution in [0.1, 0.15) is 83.1 Å². The fourth-order valence-electron chi connectivity index (χ4n) is 6.61. The van der Waals surface area contributed by atoms with Gasteiger partial charge in [0.1, 0.15) is 0 Å². The molecule has 6 heteroatoms. The standard InChI is InChI=1S/C16H36N.C6H3Cl3S2/c1-13(2,3)17(14(4,5)6,15(7,8)9)16(10,11)12;7-2-1-3(10)6(11)5(9)4(2)8/h1-12H3;1,10-11H/q+1;. The van der Waals surface area contributed by atoms with E-state index in [2.05, 4.69) is 108 Å². The lowest BCUT2D eigenvalue weighted by atomic mass is 9.75. The third-order valence-electron chi connectivity index (χ3n) is 5.14. The van der Waals surface area contributed by atoms with E-state index in [1.165, 1.54) is 0 Å². The van der Waals surface area contributed by atoms with Crippen molar-refractivity contribution in [2.24, 2.45) is 0 Å². The first-order valence-corrected chi connectivity index (χ1v) is 11.5. The summed E-state index contributed by atoms with van der Waals surface area (Å²) >= 11 is 25.3. The molecule has 0 heterocycles. The van der Waals surface area contributed by atoms with Crippen LogP contribution in [-0.2, 0) is 0 Å². The number of thiol groups is 2. The second-order valence-electron chi connectivity index (χ2n) is 11.2. The van der Waals surface area contributed by atoms with Crippen molar-refractivity contribution >= 4 is 60.1 Å². The topological polar surface area (TPSA) is 0 Å². The summed E-state index contributed by atoms with van der Waals surface area (Å²) in [7, 11) is 0. The molecule has 0 amide bonds. The molecule has 0 radical (unpaired) electrons. The lowest BCUT2D eigenvalue weighted by Gasteiger charge is -2.70. The summed E-state index contributed by atoms with van der Waals surface area (Å²) in [6.45, 7) is 28.6. The molecular weight excluding hydrogens is 449 g/mol. The van der Waals surface area contributed by atoms with Gasteiger partial charge in [0, 0.05) is 9.79 Å². The summed E-state index contributed by atoms with van der Waals surface area (Å²) in [6.07, 6.45) is 0. The van der Waals surface area contributed by atoms with E-state index in [1.807, 2.05) is 0 Å². The van der Waals surface area contributed by atoms with Gasteiger partial charge in [-0.25, -0.2) is 0 Å². The van der Waals surface area contributed by atoms with Crippen molar-refractivity contribution < 1.29 is 4.48 Å². The van der Waals surface area contributed by atoms with E-state index < -0.39 is 0 Å². The van der Waals surface area contributed by atoms with Crippen molar-refractivity contribution in [1.82, 2.24) is 0 Å². The quantitative estimate of drug-likeness (QED) is 0.203. The molecule has 1 aromatic rings. The van der Waals surface area contributed by atoms with E-state index >= 15 is 0 Å². The van der Waals surface area contributed by atoms with Gasteiger partial charge in [0.15, 0.2) is 0 Å². The van der Waals surface area contributed by atoms with Crippen LogP contribution in [-0.4, -0.2) is 26.6 Å². The first kappa shape index (κ1) is 28.8. The zero-order valence-electron chi connectivity index (χ0n) is 19.6. The highest BCUT2D eigenvalue weighted by Gasteiger charge is 2.62. The fourth-order valence-corrected chi connectivity index (χ4v) is 7.84. The van der Waals surface area contributed by atoms with Gasteiger partial charge < -0.3 is 4.48 Å². The zero-order valence-corrected chi connectivity index (χ0v) is 23.6. The van der Waals surface area contributed by atoms with Gasteiger partial charge in [-0.1, -0.05) is 34.8 Å². The number of nitrogens with zero attached hydrogens (tertiary/aromatic N) is 1. The molecule has 0 fully saturated rings. The largest absolute Gasteiger partial charge is 0.307 e. The molecule has 0 saturated heterocycles. The monoisotopic (exact) mass is 486 g/mol. The molecule has 0 spiro atoms. The predicted molar refractivity (Wildman–Crippen MR) is 135 cm³/mol. The van der Waals surface area contributed by atoms with Gasteiger partial charge in [-0.3, -0.25) is 0 Å². The Balaban J connectivity index is 0.000000567. The minimum absolute atomic E-state index is 0.203. The van der Waals surface area contributed by atoms with Gasteiger partial charge in [-0.15, -0.1) is 25.3 Å². The minimum atomic E-state index is 0.203. The molecule has 0 saturated carbocycles. The first-order valence-electron chi connectivity index (χ1n) is 9.49. The molecule has 1 rings (SSSR count). The van der Waals surface area contributed by atoms with Crippen LogP contribution in [0.2, 0.25) is 15.1 Å². The number of hydrogen-bond donors (Lipinski definition) is 2. The van der Waals surface area contributed by atoms with Crippen molar-refractivity contribution in [2.75, 3.05) is 0 Å². The number of benzene rings is 1. The van der Waals surface area contributed by atoms with Crippen molar-refractivity contribution in [1.29, 1.82) is 0 Å². The summed E-state index contributed by atoms with van der Waals surface area (Å²) in [4.78, 5) is 1.16. The molecule has 28 heavy (non-hydrogen) atoms. The van der Waals surface area contributed by atoms with Gasteiger partial charge in [-0.05, 0) is 89.2 Å². The van der Waals surface area contributed by atoms with Crippen LogP contribution in [0.25, 0.3) is 0 Å². The Kier molecular flexibility index (Phi) is 9.33. The molecule has 0 N–H and O–H groups in total. The van der Waals surface area contributed by atoms with Crippen molar-refractivity contribution in [3.05, 3.63) is 21.1 Å². The molecule has 0 aliphatic heterocycles. The number of halogens is 3. The van der Waals surface area contributed by atoms with Crippen molar-refractivity contribution in [3.8, 4) is 0 Å². The van der Waals surface area contributed by atoms with Gasteiger partial charge in [0.05, 0.1) is 37.2 Å². The minimum Gasteiger partial charge on any atom is -0.307 e. The highest BCUT2D eigenvalue weighted by molar-refractivity contribution is 7.83. The van der Waals surface area contributed by atoms with E-state index in [0.29, 0.717) is 24.9 Å². The summed E-state index contributed by atoms with van der Waals surface area (Å²) in [5, 5.41) is 1.04. The maximum atomic E-state index is 5.75. The molecular formula is C22H39Cl3NS2+. The van der Waals surface area contributed by atoms with E-state index in [0.717, 1.165) is 4.48 Å². The molecule has 164 valence electrons. The Morgan fingerprint density at radius 3 is 1.11 bits per heavy atom. The van der Waals surface area contributed by atoms with E-state index in [4.69, 9.17) is 34.8 Å². The van der Waals surface area contributed by atoms with Gasteiger partial charge in [0.25, 0.3) is 0 Å². The third-order valence-corrected chi connectivity index (χ3v) is 7.53. The van der Waals surface area contributed by atoms with E-state index in [9.17, 15) is 0 Å². The average Bonchev–Trinajstić information content (AvgIpc) is 2.37. The average molecular weight is 488 g/mol. The van der Waals surface area contributed by atoms with Crippen LogP contribution >= 0.6 is 60.1 Å². The Morgan fingerprint density at radius 1 is 0.607 bits per heavy atom. The number of quaternary nitrogens is 1. The molecule has 0 atom stereocenters. The summed E-state index contributed by atoms with van der Waals surface area (Å²) < 4.78 is 1.08. The highest BCUT2D eigenvalue weighted by Crippen LogP contribution is 2.50. The molecule has 0 bridgehead atoms. The Labute approximate surface area is 199 Å². The zero-order chi connectivity index (χ0) is 23.1. The Morgan fingerprint density at radius 2 is 0.893 bits per heavy atom. The lowest BCUT2D eigenvalue weighted by molar-refractivity contribution is -1.08. The summed E-state index contributed by atoms with van der Waals surface area (Å²) in [6, 6.07) is 1.60. The van der Waals surface area contributed by atoms with E-state index in [-0.39, 0.29) is 22.2 Å². The third kappa shape index (κ3) is 5.51. The molecule has 0 aliphatic rings. The fraction of sp³-hybridized carbons (Fsp3) is 0.727. The van der Waals surface area contributed by atoms with Crippen LogP contribution < -0.4 is 0 Å². The number of hydrogen-bond acceptors (Lipinski definition) is 2. The normalized spacial score (nSPS) is 13.9. The second-order valence-corrected chi connectivity index (χ2v) is 13.3. The van der Waals surface area contributed by atoms with Gasteiger partial charge in [0.2, 0.25) is 0 Å². The summed E-state index contributed by atoms with van der Waals surface area (Å²) in [5.74, 6) is 0. The molecule has 0 unspecified atom stereocenters. The molecule has 0 aliphatic carbocycles. The molecule has 0 aromatic heterocycles. The van der Waals surface area contributed by atoms with Crippen LogP contribution in [0.4, 0.5) is 0 Å². The second kappa shape index (κ2) is 9.09. The maximum absolute atomic E-state index is 5.75. The lowest BCUT2D eigenvalue weighted by Crippen LogP contribution is -2.82. The smallest absolute Gasteiger partial charge is 0.0918 e. The van der Waals surface area contributed by atoms with E-state index in [1.54, 1.807) is 6.07 Å². The SMILES string of the molecule is CC(C)(C)[N+](C(C)(C)C)(C(C)(C)C)C(C)(C)C.Sc1cc(Cl)c(Cl)c(Cl)c1S. The van der Waals surface area contributed by atoms with Gasteiger partial charge in [-0.2, -0.15) is 0 Å². The number of rotatable bonds is 0. The van der Waals surface area contributed by atoms with Crippen LogP contribution in [0.15, 0.2) is 15.9 Å². The van der Waals surface area contributed by atoms with Crippen LogP contribution in [0.5, 0.6) is 0 Å². The highest BCUT2D eigenvalue weighted by atomic mass is 35.5. The van der Waals surface area contributed by atoms with Crippen LogP contribution in [0, 0.1) is 0 Å². The Hall–Kier alpha value is 0.750. The van der Waals surface area contributed by atoms with Crippen molar-refractivity contribution in [2.45, 2.75) is 115 Å².